The predicted molar refractivity (Wildman–Crippen MR) is 89.6 cm³/mol. The highest BCUT2D eigenvalue weighted by atomic mass is 16.5. The number of ether oxygens (including phenoxy) is 1. The van der Waals surface area contributed by atoms with Gasteiger partial charge in [0.1, 0.15) is 5.82 Å². The van der Waals surface area contributed by atoms with E-state index in [4.69, 9.17) is 4.74 Å². The Bertz CT molecular complexity index is 732. The Hall–Kier alpha value is -1.72. The predicted octanol–water partition coefficient (Wildman–Crippen LogP) is 1.97. The number of nitrogens with zero attached hydrogens (tertiary/aromatic N) is 2. The third kappa shape index (κ3) is 3.46. The number of fused-ring (bicyclic) bond motifs is 1. The molecule has 2 aliphatic rings. The van der Waals surface area contributed by atoms with E-state index in [9.17, 15) is 4.79 Å². The van der Waals surface area contributed by atoms with Gasteiger partial charge in [0.25, 0.3) is 5.56 Å². The maximum Gasteiger partial charge on any atom is 0.258 e. The van der Waals surface area contributed by atoms with Gasteiger partial charge < -0.3 is 9.72 Å². The first kappa shape index (κ1) is 14.8. The van der Waals surface area contributed by atoms with Gasteiger partial charge in [-0.15, -0.1) is 0 Å². The summed E-state index contributed by atoms with van der Waals surface area (Å²) in [5.41, 5.74) is 0.751. The molecule has 1 unspecified atom stereocenters. The van der Waals surface area contributed by atoms with Crippen molar-refractivity contribution in [1.82, 2.24) is 14.9 Å². The van der Waals surface area contributed by atoms with Crippen LogP contribution < -0.4 is 5.56 Å². The second kappa shape index (κ2) is 6.42. The molecule has 1 aliphatic carbocycles. The molecule has 2 heterocycles. The smallest absolute Gasteiger partial charge is 0.258 e. The topological polar surface area (TPSA) is 58.2 Å². The van der Waals surface area contributed by atoms with Crippen LogP contribution in [0, 0.1) is 5.92 Å². The number of aromatic nitrogens is 2. The van der Waals surface area contributed by atoms with E-state index in [0.717, 1.165) is 50.1 Å². The van der Waals surface area contributed by atoms with Crippen molar-refractivity contribution >= 4 is 10.9 Å². The van der Waals surface area contributed by atoms with Gasteiger partial charge in [-0.1, -0.05) is 12.1 Å². The normalized spacial score (nSPS) is 21.3. The summed E-state index contributed by atoms with van der Waals surface area (Å²) in [6.45, 7) is 3.88. The number of hydrogen-bond donors (Lipinski definition) is 1. The molecule has 5 heteroatoms. The number of benzene rings is 1. The Morgan fingerprint density at radius 2 is 2.13 bits per heavy atom. The second-order valence-corrected chi connectivity index (χ2v) is 6.74. The molecular formula is C18H23N3O2. The van der Waals surface area contributed by atoms with Gasteiger partial charge in [-0.05, 0) is 37.3 Å². The highest BCUT2D eigenvalue weighted by Crippen LogP contribution is 2.29. The summed E-state index contributed by atoms with van der Waals surface area (Å²) in [6.07, 6.45) is 4.57. The average molecular weight is 313 g/mol. The van der Waals surface area contributed by atoms with Crippen LogP contribution in [0.25, 0.3) is 10.9 Å². The number of aromatic amines is 1. The van der Waals surface area contributed by atoms with Gasteiger partial charge in [-0.2, -0.15) is 0 Å². The lowest BCUT2D eigenvalue weighted by Gasteiger charge is -2.24. The van der Waals surface area contributed by atoms with E-state index < -0.39 is 0 Å². The zero-order valence-electron chi connectivity index (χ0n) is 13.3. The highest BCUT2D eigenvalue weighted by molar-refractivity contribution is 5.77. The van der Waals surface area contributed by atoms with Crippen molar-refractivity contribution in [2.75, 3.05) is 26.3 Å². The van der Waals surface area contributed by atoms with Crippen molar-refractivity contribution in [1.29, 1.82) is 0 Å². The third-order valence-corrected chi connectivity index (χ3v) is 4.88. The Kier molecular flexibility index (Phi) is 4.14. The van der Waals surface area contributed by atoms with Gasteiger partial charge in [0.2, 0.25) is 0 Å². The van der Waals surface area contributed by atoms with Crippen molar-refractivity contribution in [3.63, 3.8) is 0 Å². The summed E-state index contributed by atoms with van der Waals surface area (Å²) in [5, 5.41) is 0.665. The van der Waals surface area contributed by atoms with E-state index in [0.29, 0.717) is 11.3 Å². The zero-order chi connectivity index (χ0) is 15.6. The first-order valence-electron chi connectivity index (χ1n) is 8.59. The third-order valence-electron chi connectivity index (χ3n) is 4.88. The van der Waals surface area contributed by atoms with Gasteiger partial charge in [0.15, 0.2) is 0 Å². The SMILES string of the molecule is O=c1[nH]c(CCN(CC2CCOC2)C2CC2)nc2ccccc12. The van der Waals surface area contributed by atoms with Gasteiger partial charge >= 0.3 is 0 Å². The van der Waals surface area contributed by atoms with Gasteiger partial charge in [0.05, 0.1) is 17.5 Å². The molecule has 0 bridgehead atoms. The van der Waals surface area contributed by atoms with Crippen molar-refractivity contribution in [2.45, 2.75) is 31.7 Å². The summed E-state index contributed by atoms with van der Waals surface area (Å²) >= 11 is 0. The molecule has 4 rings (SSSR count). The van der Waals surface area contributed by atoms with Crippen LogP contribution in [0.3, 0.4) is 0 Å². The molecule has 1 aromatic carbocycles. The second-order valence-electron chi connectivity index (χ2n) is 6.74. The molecule has 1 aliphatic heterocycles. The summed E-state index contributed by atoms with van der Waals surface area (Å²) in [6, 6.07) is 8.25. The number of rotatable bonds is 6. The average Bonchev–Trinajstić information content (AvgIpc) is 3.28. The lowest BCUT2D eigenvalue weighted by Crippen LogP contribution is -2.34. The number of H-pyrrole nitrogens is 1. The molecule has 122 valence electrons. The van der Waals surface area contributed by atoms with Crippen LogP contribution in [-0.4, -0.2) is 47.2 Å². The van der Waals surface area contributed by atoms with E-state index in [2.05, 4.69) is 14.9 Å². The number of nitrogens with one attached hydrogen (secondary N) is 1. The van der Waals surface area contributed by atoms with Crippen molar-refractivity contribution in [3.8, 4) is 0 Å². The maximum atomic E-state index is 12.1. The Morgan fingerprint density at radius 3 is 2.91 bits per heavy atom. The minimum atomic E-state index is -0.0345. The van der Waals surface area contributed by atoms with E-state index in [-0.39, 0.29) is 5.56 Å². The summed E-state index contributed by atoms with van der Waals surface area (Å²) in [4.78, 5) is 22.3. The van der Waals surface area contributed by atoms with Crippen LogP contribution >= 0.6 is 0 Å². The molecule has 1 N–H and O–H groups in total. The van der Waals surface area contributed by atoms with Gasteiger partial charge in [-0.25, -0.2) is 4.98 Å². The molecule has 2 aromatic rings. The Balaban J connectivity index is 1.45. The van der Waals surface area contributed by atoms with Crippen molar-refractivity contribution in [3.05, 3.63) is 40.4 Å². The minimum absolute atomic E-state index is 0.0345. The standard InChI is InChI=1S/C18H23N3O2/c22-18-15-3-1-2-4-16(15)19-17(20-18)7-9-21(14-5-6-14)11-13-8-10-23-12-13/h1-4,13-14H,5-12H2,(H,19,20,22). The number of hydrogen-bond acceptors (Lipinski definition) is 4. The van der Waals surface area contributed by atoms with Crippen molar-refractivity contribution in [2.24, 2.45) is 5.92 Å². The molecular weight excluding hydrogens is 290 g/mol. The van der Waals surface area contributed by atoms with Crippen LogP contribution in [0.4, 0.5) is 0 Å². The fourth-order valence-electron chi connectivity index (χ4n) is 3.42. The summed E-state index contributed by atoms with van der Waals surface area (Å²) in [7, 11) is 0. The van der Waals surface area contributed by atoms with Crippen LogP contribution in [0.15, 0.2) is 29.1 Å². The monoisotopic (exact) mass is 313 g/mol. The van der Waals surface area contributed by atoms with E-state index in [1.54, 1.807) is 0 Å². The molecule has 0 amide bonds. The molecule has 1 saturated carbocycles. The van der Waals surface area contributed by atoms with E-state index in [1.165, 1.54) is 19.3 Å². The van der Waals surface area contributed by atoms with Crippen LogP contribution in [-0.2, 0) is 11.2 Å². The fourth-order valence-corrected chi connectivity index (χ4v) is 3.42. The maximum absolute atomic E-state index is 12.1. The van der Waals surface area contributed by atoms with Crippen molar-refractivity contribution < 1.29 is 4.74 Å². The molecule has 1 atom stereocenters. The number of para-hydroxylation sites is 1. The van der Waals surface area contributed by atoms with Gasteiger partial charge in [-0.3, -0.25) is 9.69 Å². The summed E-state index contributed by atoms with van der Waals surface area (Å²) < 4.78 is 5.50. The molecule has 1 aromatic heterocycles. The largest absolute Gasteiger partial charge is 0.381 e. The van der Waals surface area contributed by atoms with E-state index in [1.807, 2.05) is 24.3 Å². The molecule has 5 nitrogen and oxygen atoms in total. The fraction of sp³-hybridized carbons (Fsp3) is 0.556. The summed E-state index contributed by atoms with van der Waals surface area (Å²) in [5.74, 6) is 1.46. The lowest BCUT2D eigenvalue weighted by molar-refractivity contribution is 0.164. The van der Waals surface area contributed by atoms with Crippen LogP contribution in [0.2, 0.25) is 0 Å². The van der Waals surface area contributed by atoms with Gasteiger partial charge in [0, 0.05) is 32.2 Å². The first-order chi connectivity index (χ1) is 11.3. The van der Waals surface area contributed by atoms with Crippen LogP contribution in [0.5, 0.6) is 0 Å². The first-order valence-corrected chi connectivity index (χ1v) is 8.59. The Labute approximate surface area is 135 Å². The quantitative estimate of drug-likeness (QED) is 0.886. The lowest BCUT2D eigenvalue weighted by atomic mass is 10.1. The molecule has 0 radical (unpaired) electrons. The zero-order valence-corrected chi connectivity index (χ0v) is 13.3. The molecule has 0 spiro atoms. The Morgan fingerprint density at radius 1 is 1.26 bits per heavy atom. The van der Waals surface area contributed by atoms with E-state index >= 15 is 0 Å². The molecule has 2 fully saturated rings. The molecule has 23 heavy (non-hydrogen) atoms. The highest BCUT2D eigenvalue weighted by Gasteiger charge is 2.31. The van der Waals surface area contributed by atoms with Crippen LogP contribution in [0.1, 0.15) is 25.1 Å². The molecule has 1 saturated heterocycles. The minimum Gasteiger partial charge on any atom is -0.381 e.